The van der Waals surface area contributed by atoms with Crippen molar-refractivity contribution >= 4 is 12.2 Å². The molecule has 3 rings (SSSR count). The maximum atomic E-state index is 12.3. The molecule has 0 bridgehead atoms. The number of carbonyl (C=O) groups is 1. The lowest BCUT2D eigenvalue weighted by molar-refractivity contribution is -0.788. The summed E-state index contributed by atoms with van der Waals surface area (Å²) < 4.78 is 14.5. The van der Waals surface area contributed by atoms with Gasteiger partial charge < -0.3 is 57.9 Å². The largest absolute Gasteiger partial charge is 1.00 e. The molecule has 9 heteroatoms. The highest BCUT2D eigenvalue weighted by molar-refractivity contribution is 5.90. The van der Waals surface area contributed by atoms with Crippen molar-refractivity contribution in [3.05, 3.63) is 90.5 Å². The fourth-order valence-electron chi connectivity index (χ4n) is 2.41. The first-order valence-corrected chi connectivity index (χ1v) is 8.26. The molecule has 0 spiro atoms. The average Bonchev–Trinajstić information content (AvgIpc) is 2.70. The lowest BCUT2D eigenvalue weighted by atomic mass is 10.3. The highest BCUT2D eigenvalue weighted by Crippen LogP contribution is 2.10. The molecule has 0 saturated carbocycles. The molecule has 0 saturated heterocycles. The molecular weight excluding hydrogens is 600 g/mol. The van der Waals surface area contributed by atoms with Crippen molar-refractivity contribution in [3.8, 4) is 5.75 Å². The van der Waals surface area contributed by atoms with Crippen molar-refractivity contribution in [2.75, 3.05) is 0 Å². The van der Waals surface area contributed by atoms with Crippen molar-refractivity contribution in [1.82, 2.24) is 0 Å². The summed E-state index contributed by atoms with van der Waals surface area (Å²) in [7, 11) is 0. The van der Waals surface area contributed by atoms with E-state index in [-0.39, 0.29) is 61.4 Å². The zero-order valence-corrected chi connectivity index (χ0v) is 19.6. The molecule has 2 heterocycles. The average molecular weight is 619 g/mol. The van der Waals surface area contributed by atoms with Crippen LogP contribution in [0.3, 0.4) is 0 Å². The van der Waals surface area contributed by atoms with E-state index in [0.29, 0.717) is 17.0 Å². The van der Waals surface area contributed by atoms with E-state index in [1.54, 1.807) is 64.0 Å². The number of hydrogen-bond donors (Lipinski definition) is 1. The van der Waals surface area contributed by atoms with Crippen LogP contribution in [0.1, 0.15) is 16.1 Å². The minimum Gasteiger partial charge on any atom is -1.00 e. The lowest BCUT2D eigenvalue weighted by Gasteiger charge is -2.04. The Morgan fingerprint density at radius 1 is 0.966 bits per heavy atom. The van der Waals surface area contributed by atoms with Gasteiger partial charge in [0, 0.05) is 18.2 Å². The molecule has 152 valence electrons. The van der Waals surface area contributed by atoms with Crippen LogP contribution in [0.5, 0.6) is 5.75 Å². The molecule has 0 aliphatic heterocycles. The van der Waals surface area contributed by atoms with E-state index >= 15 is 0 Å². The number of halogens is 2. The molecule has 0 amide bonds. The van der Waals surface area contributed by atoms with E-state index in [4.69, 9.17) is 14.7 Å². The SMILES string of the molecule is O=C(Oc1ccccc1)c1ccc[n+](COC[n+]2ccccc2C=NO)c1.[I-].[I-]. The van der Waals surface area contributed by atoms with Gasteiger partial charge >= 0.3 is 5.97 Å². The Kier molecular flexibility index (Phi) is 11.3. The predicted molar refractivity (Wildman–Crippen MR) is 95.1 cm³/mol. The van der Waals surface area contributed by atoms with Crippen LogP contribution in [0.15, 0.2) is 84.4 Å². The third-order valence-electron chi connectivity index (χ3n) is 3.68. The summed E-state index contributed by atoms with van der Waals surface area (Å²) in [6, 6.07) is 17.8. The van der Waals surface area contributed by atoms with Crippen LogP contribution >= 0.6 is 0 Å². The molecule has 1 aromatic carbocycles. The molecule has 0 aliphatic rings. The summed E-state index contributed by atoms with van der Waals surface area (Å²) in [6.45, 7) is 0.498. The first kappa shape index (κ1) is 24.9. The molecule has 0 radical (unpaired) electrons. The molecule has 29 heavy (non-hydrogen) atoms. The number of nitrogens with zero attached hydrogens (tertiary/aromatic N) is 3. The topological polar surface area (TPSA) is 75.9 Å². The molecule has 3 aromatic rings. The molecule has 2 aromatic heterocycles. The molecule has 0 aliphatic carbocycles. The molecule has 7 nitrogen and oxygen atoms in total. The normalized spacial score (nSPS) is 10.1. The standard InChI is InChI=1S/C20H18N3O4.2HI/c24-20(27-19-9-2-1-3-10-19)17-7-6-11-22(14-17)15-26-16-23-12-5-4-8-18(23)13-21-25;;/h1-14H,15-16H2;2*1H/q+1;;/p-1. The van der Waals surface area contributed by atoms with E-state index in [0.717, 1.165) is 0 Å². The van der Waals surface area contributed by atoms with Gasteiger partial charge in [-0.2, -0.15) is 9.13 Å². The van der Waals surface area contributed by atoms with Crippen LogP contribution in [0.25, 0.3) is 0 Å². The van der Waals surface area contributed by atoms with Gasteiger partial charge in [-0.15, -0.1) is 0 Å². The van der Waals surface area contributed by atoms with Crippen LogP contribution in [0.2, 0.25) is 0 Å². The van der Waals surface area contributed by atoms with Crippen molar-refractivity contribution in [3.63, 3.8) is 0 Å². The number of aromatic nitrogens is 2. The van der Waals surface area contributed by atoms with Gasteiger partial charge in [0.25, 0.3) is 13.5 Å². The van der Waals surface area contributed by atoms with Gasteiger partial charge in [-0.05, 0) is 24.3 Å². The summed E-state index contributed by atoms with van der Waals surface area (Å²) in [4.78, 5) is 12.3. The quantitative estimate of drug-likeness (QED) is 0.0556. The highest BCUT2D eigenvalue weighted by Gasteiger charge is 2.14. The molecule has 0 atom stereocenters. The van der Waals surface area contributed by atoms with E-state index < -0.39 is 5.97 Å². The Balaban J connectivity index is 0.00000210. The van der Waals surface area contributed by atoms with E-state index in [1.165, 1.54) is 6.21 Å². The predicted octanol–water partition coefficient (Wildman–Crippen LogP) is -4.07. The maximum Gasteiger partial charge on any atom is 0.349 e. The van der Waals surface area contributed by atoms with Crippen LogP contribution in [-0.2, 0) is 18.2 Å². The number of carbonyl (C=O) groups excluding carboxylic acids is 1. The fraction of sp³-hybridized carbons (Fsp3) is 0.100. The minimum absolute atomic E-state index is 0. The lowest BCUT2D eigenvalue weighted by Crippen LogP contribution is -3.00. The van der Waals surface area contributed by atoms with Crippen LogP contribution in [0.4, 0.5) is 0 Å². The zero-order valence-electron chi connectivity index (χ0n) is 15.3. The summed E-state index contributed by atoms with van der Waals surface area (Å²) in [6.07, 6.45) is 6.61. The van der Waals surface area contributed by atoms with Crippen molar-refractivity contribution < 1.29 is 76.6 Å². The number of rotatable bonds is 7. The van der Waals surface area contributed by atoms with Crippen molar-refractivity contribution in [2.45, 2.75) is 13.5 Å². The molecule has 1 N–H and O–H groups in total. The number of para-hydroxylation sites is 1. The number of hydrogen-bond acceptors (Lipinski definition) is 5. The summed E-state index contributed by atoms with van der Waals surface area (Å²) in [5.41, 5.74) is 1.12. The summed E-state index contributed by atoms with van der Waals surface area (Å²) in [5, 5.41) is 11.7. The number of pyridine rings is 2. The second-order valence-electron chi connectivity index (χ2n) is 5.61. The Morgan fingerprint density at radius 2 is 1.72 bits per heavy atom. The zero-order chi connectivity index (χ0) is 18.9. The first-order valence-electron chi connectivity index (χ1n) is 8.26. The van der Waals surface area contributed by atoms with Crippen LogP contribution < -0.4 is 61.8 Å². The summed E-state index contributed by atoms with van der Waals surface area (Å²) >= 11 is 0. The van der Waals surface area contributed by atoms with Crippen LogP contribution in [-0.4, -0.2) is 17.4 Å². The second kappa shape index (κ2) is 13.2. The molecule has 0 unspecified atom stereocenters. The number of benzene rings is 1. The maximum absolute atomic E-state index is 12.3. The van der Waals surface area contributed by atoms with Gasteiger partial charge in [0.2, 0.25) is 5.69 Å². The van der Waals surface area contributed by atoms with E-state index in [1.807, 2.05) is 24.4 Å². The Bertz CT molecular complexity index is 940. The number of ether oxygens (including phenoxy) is 2. The second-order valence-corrected chi connectivity index (χ2v) is 5.61. The van der Waals surface area contributed by atoms with Gasteiger partial charge in [-0.3, -0.25) is 4.74 Å². The molecule has 0 fully saturated rings. The van der Waals surface area contributed by atoms with Gasteiger partial charge in [-0.25, -0.2) is 4.79 Å². The van der Waals surface area contributed by atoms with Gasteiger partial charge in [0.1, 0.15) is 17.5 Å². The van der Waals surface area contributed by atoms with Crippen molar-refractivity contribution in [2.24, 2.45) is 5.16 Å². The smallest absolute Gasteiger partial charge is 0.349 e. The van der Waals surface area contributed by atoms with Crippen molar-refractivity contribution in [1.29, 1.82) is 0 Å². The van der Waals surface area contributed by atoms with Gasteiger partial charge in [0.05, 0.1) is 0 Å². The van der Waals surface area contributed by atoms with E-state index in [9.17, 15) is 4.79 Å². The first-order chi connectivity index (χ1) is 13.3. The molecular formula is C20H19I2N3O4. The third-order valence-corrected chi connectivity index (χ3v) is 3.68. The van der Waals surface area contributed by atoms with Gasteiger partial charge in [-0.1, -0.05) is 23.4 Å². The Morgan fingerprint density at radius 3 is 2.48 bits per heavy atom. The Labute approximate surface area is 202 Å². The van der Waals surface area contributed by atoms with Gasteiger partial charge in [0.15, 0.2) is 18.6 Å². The Hall–Kier alpha value is -2.12. The van der Waals surface area contributed by atoms with E-state index in [2.05, 4.69) is 5.16 Å². The summed E-state index contributed by atoms with van der Waals surface area (Å²) in [5.74, 6) is 0.0575. The fourth-order valence-corrected chi connectivity index (χ4v) is 2.41. The van der Waals surface area contributed by atoms with Crippen LogP contribution in [0, 0.1) is 0 Å². The minimum atomic E-state index is -0.436. The number of oxime groups is 1. The highest BCUT2D eigenvalue weighted by atomic mass is 127. The number of esters is 1. The monoisotopic (exact) mass is 619 g/mol. The third kappa shape index (κ3) is 7.66.